The van der Waals surface area contributed by atoms with Crippen LogP contribution in [0, 0.1) is 0 Å². The maximum absolute atomic E-state index is 5.74. The largest absolute Gasteiger partial charge is 0.327 e. The molecule has 12 heavy (non-hydrogen) atoms. The highest BCUT2D eigenvalue weighted by atomic mass is 15.3. The van der Waals surface area contributed by atoms with Crippen molar-refractivity contribution >= 4 is 0 Å². The molecule has 1 fully saturated rings. The zero-order valence-electron chi connectivity index (χ0n) is 7.40. The van der Waals surface area contributed by atoms with E-state index in [1.165, 1.54) is 5.56 Å². The van der Waals surface area contributed by atoms with Crippen molar-refractivity contribution in [1.82, 2.24) is 9.78 Å². The molecule has 3 nitrogen and oxygen atoms in total. The van der Waals surface area contributed by atoms with E-state index in [-0.39, 0.29) is 0 Å². The Morgan fingerprint density at radius 3 is 3.08 bits per heavy atom. The second-order valence-corrected chi connectivity index (χ2v) is 3.54. The fourth-order valence-electron chi connectivity index (χ4n) is 1.52. The van der Waals surface area contributed by atoms with Crippen LogP contribution in [0.3, 0.4) is 0 Å². The molecule has 0 saturated heterocycles. The number of nitrogens with two attached hydrogens (primary N) is 1. The Labute approximate surface area is 72.6 Å². The van der Waals surface area contributed by atoms with Crippen LogP contribution in [0.1, 0.15) is 31.2 Å². The summed E-state index contributed by atoms with van der Waals surface area (Å²) in [4.78, 5) is 0. The topological polar surface area (TPSA) is 43.8 Å². The Kier molecular flexibility index (Phi) is 1.89. The summed E-state index contributed by atoms with van der Waals surface area (Å²) in [5.41, 5.74) is 7.06. The predicted molar refractivity (Wildman–Crippen MR) is 47.9 cm³/mol. The predicted octanol–water partition coefficient (Wildman–Crippen LogP) is 1.11. The average Bonchev–Trinajstić information content (AvgIpc) is 2.62. The van der Waals surface area contributed by atoms with Crippen molar-refractivity contribution in [2.45, 2.75) is 38.3 Å². The second-order valence-electron chi connectivity index (χ2n) is 3.54. The van der Waals surface area contributed by atoms with Gasteiger partial charge < -0.3 is 5.73 Å². The van der Waals surface area contributed by atoms with Crippen molar-refractivity contribution < 1.29 is 0 Å². The highest BCUT2D eigenvalue weighted by molar-refractivity contribution is 5.22. The molecule has 1 aliphatic carbocycles. The first-order chi connectivity index (χ1) is 5.81. The van der Waals surface area contributed by atoms with E-state index in [1.54, 1.807) is 0 Å². The van der Waals surface area contributed by atoms with Gasteiger partial charge in [0, 0.05) is 24.7 Å². The maximum Gasteiger partial charge on any atom is 0.0525 e. The molecule has 3 heteroatoms. The van der Waals surface area contributed by atoms with Crippen LogP contribution in [0.2, 0.25) is 0 Å². The smallest absolute Gasteiger partial charge is 0.0525 e. The van der Waals surface area contributed by atoms with Crippen LogP contribution >= 0.6 is 0 Å². The van der Waals surface area contributed by atoms with Gasteiger partial charge in [0.2, 0.25) is 0 Å². The van der Waals surface area contributed by atoms with E-state index in [1.807, 2.05) is 10.9 Å². The van der Waals surface area contributed by atoms with Crippen molar-refractivity contribution in [1.29, 1.82) is 0 Å². The molecular formula is C9H15N3. The molecule has 0 bridgehead atoms. The fourth-order valence-corrected chi connectivity index (χ4v) is 1.52. The van der Waals surface area contributed by atoms with E-state index < -0.39 is 0 Å². The third-order valence-corrected chi connectivity index (χ3v) is 2.37. The standard InChI is InChI=1S/C9H15N3/c1-2-3-12-6-7(5-11-12)8-4-9(8)10/h5-6,8-9H,2-4,10H2,1H3. The van der Waals surface area contributed by atoms with E-state index in [0.717, 1.165) is 19.4 Å². The van der Waals surface area contributed by atoms with Gasteiger partial charge >= 0.3 is 0 Å². The quantitative estimate of drug-likeness (QED) is 0.729. The first-order valence-corrected chi connectivity index (χ1v) is 4.59. The molecular weight excluding hydrogens is 150 g/mol. The van der Waals surface area contributed by atoms with Crippen LogP contribution in [0.25, 0.3) is 0 Å². The molecule has 1 aromatic rings. The van der Waals surface area contributed by atoms with Gasteiger partial charge in [-0.2, -0.15) is 5.10 Å². The minimum Gasteiger partial charge on any atom is -0.327 e. The number of hydrogen-bond donors (Lipinski definition) is 1. The van der Waals surface area contributed by atoms with Gasteiger partial charge in [0.05, 0.1) is 6.20 Å². The molecule has 0 amide bonds. The van der Waals surface area contributed by atoms with Crippen molar-refractivity contribution in [2.75, 3.05) is 0 Å². The molecule has 1 aromatic heterocycles. The summed E-state index contributed by atoms with van der Waals surface area (Å²) >= 11 is 0. The van der Waals surface area contributed by atoms with Crippen LogP contribution in [-0.4, -0.2) is 15.8 Å². The van der Waals surface area contributed by atoms with E-state index in [4.69, 9.17) is 5.73 Å². The zero-order valence-corrected chi connectivity index (χ0v) is 7.40. The molecule has 2 atom stereocenters. The Morgan fingerprint density at radius 1 is 1.75 bits per heavy atom. The van der Waals surface area contributed by atoms with Gasteiger partial charge in [0.1, 0.15) is 0 Å². The number of nitrogens with zero attached hydrogens (tertiary/aromatic N) is 2. The van der Waals surface area contributed by atoms with Crippen LogP contribution in [0.5, 0.6) is 0 Å². The molecule has 0 radical (unpaired) electrons. The lowest BCUT2D eigenvalue weighted by atomic mass is 10.2. The Bertz CT molecular complexity index is 266. The lowest BCUT2D eigenvalue weighted by Crippen LogP contribution is -2.00. The molecule has 66 valence electrons. The summed E-state index contributed by atoms with van der Waals surface area (Å²) in [6.45, 7) is 3.17. The Morgan fingerprint density at radius 2 is 2.50 bits per heavy atom. The van der Waals surface area contributed by atoms with E-state index in [2.05, 4.69) is 18.2 Å². The third-order valence-electron chi connectivity index (χ3n) is 2.37. The maximum atomic E-state index is 5.74. The summed E-state index contributed by atoms with van der Waals surface area (Å²) in [7, 11) is 0. The molecule has 1 heterocycles. The van der Waals surface area contributed by atoms with E-state index in [0.29, 0.717) is 12.0 Å². The van der Waals surface area contributed by atoms with Crippen molar-refractivity contribution in [3.63, 3.8) is 0 Å². The first kappa shape index (κ1) is 7.80. The Hall–Kier alpha value is -0.830. The first-order valence-electron chi connectivity index (χ1n) is 4.59. The van der Waals surface area contributed by atoms with Crippen LogP contribution in [-0.2, 0) is 6.54 Å². The second kappa shape index (κ2) is 2.90. The number of aryl methyl sites for hydroxylation is 1. The van der Waals surface area contributed by atoms with Crippen LogP contribution in [0.4, 0.5) is 0 Å². The van der Waals surface area contributed by atoms with E-state index >= 15 is 0 Å². The summed E-state index contributed by atoms with van der Waals surface area (Å²) in [6.07, 6.45) is 6.35. The molecule has 2 N–H and O–H groups in total. The number of hydrogen-bond acceptors (Lipinski definition) is 2. The lowest BCUT2D eigenvalue weighted by Gasteiger charge is -1.94. The van der Waals surface area contributed by atoms with Gasteiger partial charge in [0.25, 0.3) is 0 Å². The van der Waals surface area contributed by atoms with Crippen LogP contribution < -0.4 is 5.73 Å². The average molecular weight is 165 g/mol. The normalized spacial score (nSPS) is 27.5. The van der Waals surface area contributed by atoms with Gasteiger partial charge in [-0.1, -0.05) is 6.92 Å². The zero-order chi connectivity index (χ0) is 8.55. The summed E-state index contributed by atoms with van der Waals surface area (Å²) in [5, 5.41) is 4.26. The minimum atomic E-state index is 0.393. The molecule has 1 aliphatic rings. The van der Waals surface area contributed by atoms with Gasteiger partial charge in [-0.25, -0.2) is 0 Å². The third kappa shape index (κ3) is 1.37. The Balaban J connectivity index is 2.04. The van der Waals surface area contributed by atoms with Gasteiger partial charge in [-0.15, -0.1) is 0 Å². The minimum absolute atomic E-state index is 0.393. The van der Waals surface area contributed by atoms with Gasteiger partial charge in [0.15, 0.2) is 0 Å². The SMILES string of the molecule is CCCn1cc(C2CC2N)cn1. The monoisotopic (exact) mass is 165 g/mol. The highest BCUT2D eigenvalue weighted by Crippen LogP contribution is 2.38. The van der Waals surface area contributed by atoms with Crippen molar-refractivity contribution in [3.8, 4) is 0 Å². The summed E-state index contributed by atoms with van der Waals surface area (Å²) in [6, 6.07) is 0.393. The van der Waals surface area contributed by atoms with Gasteiger partial charge in [-0.3, -0.25) is 4.68 Å². The molecule has 0 spiro atoms. The van der Waals surface area contributed by atoms with E-state index in [9.17, 15) is 0 Å². The molecule has 2 unspecified atom stereocenters. The number of rotatable bonds is 3. The van der Waals surface area contributed by atoms with Crippen molar-refractivity contribution in [2.24, 2.45) is 5.73 Å². The van der Waals surface area contributed by atoms with Crippen LogP contribution in [0.15, 0.2) is 12.4 Å². The summed E-state index contributed by atoms with van der Waals surface area (Å²) < 4.78 is 2.00. The van der Waals surface area contributed by atoms with Gasteiger partial charge in [-0.05, 0) is 18.4 Å². The fraction of sp³-hybridized carbons (Fsp3) is 0.667. The molecule has 0 aliphatic heterocycles. The molecule has 1 saturated carbocycles. The lowest BCUT2D eigenvalue weighted by molar-refractivity contribution is 0.602. The molecule has 0 aromatic carbocycles. The molecule has 2 rings (SSSR count). The van der Waals surface area contributed by atoms with Crippen molar-refractivity contribution in [3.05, 3.63) is 18.0 Å². The number of aromatic nitrogens is 2. The highest BCUT2D eigenvalue weighted by Gasteiger charge is 2.35. The summed E-state index contributed by atoms with van der Waals surface area (Å²) in [5.74, 6) is 0.593.